The lowest BCUT2D eigenvalue weighted by atomic mass is 10.0. The van der Waals surface area contributed by atoms with Gasteiger partial charge in [0.1, 0.15) is 11.6 Å². The number of halogens is 1. The van der Waals surface area contributed by atoms with Crippen LogP contribution in [-0.2, 0) is 4.74 Å². The molecule has 0 unspecified atom stereocenters. The first-order valence-electron chi connectivity index (χ1n) is 5.71. The van der Waals surface area contributed by atoms with Crippen LogP contribution in [0.2, 0.25) is 0 Å². The molecule has 98 valence electrons. The Labute approximate surface area is 110 Å². The Bertz CT molecular complexity index is 635. The molecule has 1 N–H and O–H groups in total. The van der Waals surface area contributed by atoms with Crippen LogP contribution in [0.5, 0.6) is 5.75 Å². The summed E-state index contributed by atoms with van der Waals surface area (Å²) in [6.45, 7) is 1.76. The number of aromatic hydroxyl groups is 1. The van der Waals surface area contributed by atoms with Crippen molar-refractivity contribution < 1.29 is 19.0 Å². The average Bonchev–Trinajstić information content (AvgIpc) is 2.41. The summed E-state index contributed by atoms with van der Waals surface area (Å²) in [5.41, 5.74) is 1.75. The molecule has 0 spiro atoms. The van der Waals surface area contributed by atoms with Crippen molar-refractivity contribution in [3.05, 3.63) is 53.3 Å². The van der Waals surface area contributed by atoms with Crippen molar-refractivity contribution in [2.75, 3.05) is 7.11 Å². The van der Waals surface area contributed by atoms with Gasteiger partial charge in [-0.1, -0.05) is 18.2 Å². The van der Waals surface area contributed by atoms with Gasteiger partial charge in [0.05, 0.1) is 12.7 Å². The first-order valence-corrected chi connectivity index (χ1v) is 5.71. The molecule has 3 nitrogen and oxygen atoms in total. The van der Waals surface area contributed by atoms with Gasteiger partial charge in [0.15, 0.2) is 0 Å². The van der Waals surface area contributed by atoms with Crippen molar-refractivity contribution in [3.8, 4) is 16.9 Å². The van der Waals surface area contributed by atoms with Crippen LogP contribution < -0.4 is 0 Å². The van der Waals surface area contributed by atoms with Gasteiger partial charge in [-0.25, -0.2) is 9.18 Å². The number of carbonyl (C=O) groups is 1. The molecule has 0 radical (unpaired) electrons. The van der Waals surface area contributed by atoms with Crippen LogP contribution in [0.4, 0.5) is 4.39 Å². The van der Waals surface area contributed by atoms with Crippen LogP contribution in [0, 0.1) is 12.7 Å². The van der Waals surface area contributed by atoms with E-state index in [4.69, 9.17) is 0 Å². The van der Waals surface area contributed by atoms with Gasteiger partial charge in [-0.15, -0.1) is 0 Å². The summed E-state index contributed by atoms with van der Waals surface area (Å²) in [6, 6.07) is 9.01. The van der Waals surface area contributed by atoms with Gasteiger partial charge in [0.25, 0.3) is 0 Å². The number of phenolic OH excluding ortho intramolecular Hbond substituents is 1. The van der Waals surface area contributed by atoms with Crippen molar-refractivity contribution >= 4 is 5.97 Å². The quantitative estimate of drug-likeness (QED) is 0.843. The van der Waals surface area contributed by atoms with Gasteiger partial charge >= 0.3 is 5.97 Å². The smallest absolute Gasteiger partial charge is 0.337 e. The standard InChI is InChI=1S/C15H13FO3/c1-9-3-4-10(8-14(9)17)12-6-5-11(7-13(12)16)15(18)19-2/h3-8,17H,1-2H3. The molecule has 0 amide bonds. The van der Waals surface area contributed by atoms with Gasteiger partial charge in [0.2, 0.25) is 0 Å². The number of rotatable bonds is 2. The lowest BCUT2D eigenvalue weighted by Crippen LogP contribution is -2.01. The van der Waals surface area contributed by atoms with Crippen molar-refractivity contribution in [2.45, 2.75) is 6.92 Å². The molecule has 2 aromatic carbocycles. The van der Waals surface area contributed by atoms with E-state index in [1.54, 1.807) is 19.1 Å². The van der Waals surface area contributed by atoms with Crippen LogP contribution >= 0.6 is 0 Å². The molecule has 0 saturated heterocycles. The summed E-state index contributed by atoms with van der Waals surface area (Å²) in [6.07, 6.45) is 0. The summed E-state index contributed by atoms with van der Waals surface area (Å²) in [5, 5.41) is 9.64. The van der Waals surface area contributed by atoms with Crippen LogP contribution in [0.25, 0.3) is 11.1 Å². The zero-order valence-corrected chi connectivity index (χ0v) is 10.6. The van der Waals surface area contributed by atoms with E-state index in [1.807, 2.05) is 0 Å². The molecule has 0 fully saturated rings. The lowest BCUT2D eigenvalue weighted by Gasteiger charge is -2.07. The number of benzene rings is 2. The van der Waals surface area contributed by atoms with Gasteiger partial charge in [-0.2, -0.15) is 0 Å². The van der Waals surface area contributed by atoms with Crippen LogP contribution in [0.1, 0.15) is 15.9 Å². The fourth-order valence-electron chi connectivity index (χ4n) is 1.77. The Kier molecular flexibility index (Phi) is 3.51. The second-order valence-electron chi connectivity index (χ2n) is 4.19. The molecule has 0 heterocycles. The van der Waals surface area contributed by atoms with Crippen molar-refractivity contribution in [1.29, 1.82) is 0 Å². The minimum absolute atomic E-state index is 0.106. The van der Waals surface area contributed by atoms with E-state index in [0.717, 1.165) is 11.6 Å². The highest BCUT2D eigenvalue weighted by molar-refractivity contribution is 5.90. The molecule has 0 aromatic heterocycles. The first-order chi connectivity index (χ1) is 9.02. The summed E-state index contributed by atoms with van der Waals surface area (Å²) < 4.78 is 18.5. The monoisotopic (exact) mass is 260 g/mol. The highest BCUT2D eigenvalue weighted by atomic mass is 19.1. The summed E-state index contributed by atoms with van der Waals surface area (Å²) in [5.74, 6) is -1.02. The molecule has 4 heteroatoms. The van der Waals surface area contributed by atoms with Gasteiger partial charge in [0, 0.05) is 5.56 Å². The molecule has 2 rings (SSSR count). The molecule has 0 aliphatic carbocycles. The van der Waals surface area contributed by atoms with E-state index in [0.29, 0.717) is 11.1 Å². The van der Waals surface area contributed by atoms with Gasteiger partial charge in [-0.05, 0) is 36.2 Å². The van der Waals surface area contributed by atoms with E-state index in [-0.39, 0.29) is 11.3 Å². The number of methoxy groups -OCH3 is 1. The number of aryl methyl sites for hydroxylation is 1. The highest BCUT2D eigenvalue weighted by Gasteiger charge is 2.11. The predicted molar refractivity (Wildman–Crippen MR) is 69.6 cm³/mol. The van der Waals surface area contributed by atoms with Crippen LogP contribution in [0.15, 0.2) is 36.4 Å². The molecule has 0 atom stereocenters. The molecular formula is C15H13FO3. The SMILES string of the molecule is COC(=O)c1ccc(-c2ccc(C)c(O)c2)c(F)c1. The minimum Gasteiger partial charge on any atom is -0.508 e. The maximum Gasteiger partial charge on any atom is 0.337 e. The van der Waals surface area contributed by atoms with E-state index in [1.165, 1.54) is 25.3 Å². The number of ether oxygens (including phenoxy) is 1. The molecular weight excluding hydrogens is 247 g/mol. The maximum absolute atomic E-state index is 14.0. The zero-order chi connectivity index (χ0) is 14.0. The third-order valence-corrected chi connectivity index (χ3v) is 2.91. The molecule has 0 saturated carbocycles. The minimum atomic E-state index is -0.586. The summed E-state index contributed by atoms with van der Waals surface area (Å²) in [7, 11) is 1.24. The number of hydrogen-bond donors (Lipinski definition) is 1. The molecule has 0 aliphatic rings. The van der Waals surface area contributed by atoms with E-state index in [2.05, 4.69) is 4.74 Å². The lowest BCUT2D eigenvalue weighted by molar-refractivity contribution is 0.0600. The maximum atomic E-state index is 14.0. The van der Waals surface area contributed by atoms with E-state index >= 15 is 0 Å². The third-order valence-electron chi connectivity index (χ3n) is 2.91. The third kappa shape index (κ3) is 2.57. The number of esters is 1. The Morgan fingerprint density at radius 1 is 1.21 bits per heavy atom. The molecule has 19 heavy (non-hydrogen) atoms. The first kappa shape index (κ1) is 13.1. The Hall–Kier alpha value is -2.36. The Morgan fingerprint density at radius 2 is 1.95 bits per heavy atom. The Morgan fingerprint density at radius 3 is 2.53 bits per heavy atom. The zero-order valence-electron chi connectivity index (χ0n) is 10.6. The van der Waals surface area contributed by atoms with E-state index < -0.39 is 11.8 Å². The highest BCUT2D eigenvalue weighted by Crippen LogP contribution is 2.28. The van der Waals surface area contributed by atoms with Crippen LogP contribution in [-0.4, -0.2) is 18.2 Å². The van der Waals surface area contributed by atoms with Gasteiger partial charge < -0.3 is 9.84 Å². The molecule has 2 aromatic rings. The largest absolute Gasteiger partial charge is 0.508 e. The number of phenols is 1. The summed E-state index contributed by atoms with van der Waals surface area (Å²) in [4.78, 5) is 11.3. The molecule has 0 aliphatic heterocycles. The fraction of sp³-hybridized carbons (Fsp3) is 0.133. The predicted octanol–water partition coefficient (Wildman–Crippen LogP) is 3.29. The second-order valence-corrected chi connectivity index (χ2v) is 4.19. The van der Waals surface area contributed by atoms with Crippen LogP contribution in [0.3, 0.4) is 0 Å². The topological polar surface area (TPSA) is 46.5 Å². The van der Waals surface area contributed by atoms with Crippen molar-refractivity contribution in [1.82, 2.24) is 0 Å². The Balaban J connectivity index is 2.46. The van der Waals surface area contributed by atoms with Crippen molar-refractivity contribution in [3.63, 3.8) is 0 Å². The number of carbonyl (C=O) groups excluding carboxylic acids is 1. The molecule has 0 bridgehead atoms. The average molecular weight is 260 g/mol. The summed E-state index contributed by atoms with van der Waals surface area (Å²) >= 11 is 0. The number of hydrogen-bond acceptors (Lipinski definition) is 3. The van der Waals surface area contributed by atoms with Gasteiger partial charge in [-0.3, -0.25) is 0 Å². The second kappa shape index (κ2) is 5.10. The van der Waals surface area contributed by atoms with E-state index in [9.17, 15) is 14.3 Å². The fourth-order valence-corrected chi connectivity index (χ4v) is 1.77. The van der Waals surface area contributed by atoms with Crippen molar-refractivity contribution in [2.24, 2.45) is 0 Å². The normalized spacial score (nSPS) is 10.3.